The molecule has 0 atom stereocenters. The third-order valence-corrected chi connectivity index (χ3v) is 3.52. The van der Waals surface area contributed by atoms with Gasteiger partial charge in [-0.1, -0.05) is 6.92 Å². The van der Waals surface area contributed by atoms with Crippen molar-refractivity contribution in [1.29, 1.82) is 0 Å². The van der Waals surface area contributed by atoms with Crippen molar-refractivity contribution in [2.45, 2.75) is 51.1 Å². The number of amides is 1. The second-order valence-electron chi connectivity index (χ2n) is 5.20. The molecule has 2 rings (SSSR count). The maximum atomic E-state index is 11.4. The topological polar surface area (TPSA) is 44.4 Å². The Kier molecular flexibility index (Phi) is 4.80. The number of nitrogens with one attached hydrogen (secondary N) is 2. The van der Waals surface area contributed by atoms with Gasteiger partial charge in [0.05, 0.1) is 0 Å². The Labute approximate surface area is 104 Å². The quantitative estimate of drug-likeness (QED) is 0.583. The van der Waals surface area contributed by atoms with Crippen LogP contribution in [-0.2, 0) is 4.79 Å². The smallest absolute Gasteiger partial charge is 0.221 e. The molecule has 0 radical (unpaired) electrons. The van der Waals surface area contributed by atoms with Crippen LogP contribution in [0.5, 0.6) is 0 Å². The predicted octanol–water partition coefficient (Wildman–Crippen LogP) is 0.729. The summed E-state index contributed by atoms with van der Waals surface area (Å²) in [5.41, 5.74) is 0. The standard InChI is InChI=1S/C13H25N3O/c1-2-16(12-5-6-12)10-9-14-8-7-13(17)15-11-3-4-11/h11-12,14H,2-10H2,1H3,(H,15,17). The van der Waals surface area contributed by atoms with Crippen LogP contribution in [0.25, 0.3) is 0 Å². The van der Waals surface area contributed by atoms with E-state index in [0.717, 1.165) is 32.2 Å². The van der Waals surface area contributed by atoms with E-state index in [1.807, 2.05) is 0 Å². The van der Waals surface area contributed by atoms with Gasteiger partial charge in [-0.25, -0.2) is 0 Å². The number of carbonyl (C=O) groups excluding carboxylic acids is 1. The number of nitrogens with zero attached hydrogens (tertiary/aromatic N) is 1. The first-order chi connectivity index (χ1) is 8.29. The van der Waals surface area contributed by atoms with Crippen LogP contribution in [0.1, 0.15) is 39.0 Å². The van der Waals surface area contributed by atoms with E-state index < -0.39 is 0 Å². The molecule has 2 saturated carbocycles. The van der Waals surface area contributed by atoms with Gasteiger partial charge < -0.3 is 10.6 Å². The summed E-state index contributed by atoms with van der Waals surface area (Å²) >= 11 is 0. The van der Waals surface area contributed by atoms with Gasteiger partial charge >= 0.3 is 0 Å². The fourth-order valence-corrected chi connectivity index (χ4v) is 2.12. The zero-order valence-electron chi connectivity index (χ0n) is 10.9. The summed E-state index contributed by atoms with van der Waals surface area (Å²) in [5, 5.41) is 6.36. The summed E-state index contributed by atoms with van der Waals surface area (Å²) in [4.78, 5) is 13.9. The van der Waals surface area contributed by atoms with E-state index in [1.165, 1.54) is 25.7 Å². The van der Waals surface area contributed by atoms with E-state index >= 15 is 0 Å². The normalized spacial score (nSPS) is 19.6. The lowest BCUT2D eigenvalue weighted by Crippen LogP contribution is -2.35. The van der Waals surface area contributed by atoms with Crippen molar-refractivity contribution < 1.29 is 4.79 Å². The zero-order chi connectivity index (χ0) is 12.1. The Balaban J connectivity index is 1.43. The molecule has 0 unspecified atom stereocenters. The molecule has 4 heteroatoms. The van der Waals surface area contributed by atoms with Crippen molar-refractivity contribution in [2.24, 2.45) is 0 Å². The molecule has 0 spiro atoms. The maximum Gasteiger partial charge on any atom is 0.221 e. The lowest BCUT2D eigenvalue weighted by Gasteiger charge is -2.19. The van der Waals surface area contributed by atoms with E-state index in [-0.39, 0.29) is 5.91 Å². The Hall–Kier alpha value is -0.610. The van der Waals surface area contributed by atoms with E-state index in [2.05, 4.69) is 22.5 Å². The van der Waals surface area contributed by atoms with Crippen molar-refractivity contribution in [1.82, 2.24) is 15.5 Å². The molecular formula is C13H25N3O. The molecule has 2 N–H and O–H groups in total. The number of hydrogen-bond donors (Lipinski definition) is 2. The lowest BCUT2D eigenvalue weighted by molar-refractivity contribution is -0.121. The summed E-state index contributed by atoms with van der Waals surface area (Å²) in [6, 6.07) is 1.34. The summed E-state index contributed by atoms with van der Waals surface area (Å²) in [6.45, 7) is 6.29. The number of rotatable bonds is 9. The first-order valence-corrected chi connectivity index (χ1v) is 7.03. The third-order valence-electron chi connectivity index (χ3n) is 3.52. The van der Waals surface area contributed by atoms with Crippen molar-refractivity contribution >= 4 is 5.91 Å². The largest absolute Gasteiger partial charge is 0.353 e. The van der Waals surface area contributed by atoms with Crippen LogP contribution in [0.3, 0.4) is 0 Å². The number of likely N-dealkylation sites (N-methyl/N-ethyl adjacent to an activating group) is 1. The molecule has 4 nitrogen and oxygen atoms in total. The monoisotopic (exact) mass is 239 g/mol. The SMILES string of the molecule is CCN(CCNCCC(=O)NC1CC1)C1CC1. The summed E-state index contributed by atoms with van der Waals surface area (Å²) in [7, 11) is 0. The predicted molar refractivity (Wildman–Crippen MR) is 68.9 cm³/mol. The van der Waals surface area contributed by atoms with E-state index in [4.69, 9.17) is 0 Å². The lowest BCUT2D eigenvalue weighted by atomic mass is 10.3. The fraction of sp³-hybridized carbons (Fsp3) is 0.923. The number of carbonyl (C=O) groups is 1. The molecule has 17 heavy (non-hydrogen) atoms. The van der Waals surface area contributed by atoms with Crippen molar-refractivity contribution in [2.75, 3.05) is 26.2 Å². The van der Waals surface area contributed by atoms with E-state index in [0.29, 0.717) is 12.5 Å². The van der Waals surface area contributed by atoms with Gasteiger partial charge in [0.25, 0.3) is 0 Å². The maximum absolute atomic E-state index is 11.4. The van der Waals surface area contributed by atoms with Crippen LogP contribution >= 0.6 is 0 Å². The average molecular weight is 239 g/mol. The molecule has 1 amide bonds. The van der Waals surface area contributed by atoms with Gasteiger partial charge in [-0.2, -0.15) is 0 Å². The van der Waals surface area contributed by atoms with Crippen molar-refractivity contribution in [3.05, 3.63) is 0 Å². The van der Waals surface area contributed by atoms with Gasteiger partial charge in [0, 0.05) is 38.1 Å². The highest BCUT2D eigenvalue weighted by Crippen LogP contribution is 2.25. The van der Waals surface area contributed by atoms with Crippen LogP contribution in [0.15, 0.2) is 0 Å². The van der Waals surface area contributed by atoms with Crippen molar-refractivity contribution in [3.8, 4) is 0 Å². The third kappa shape index (κ3) is 5.04. The molecule has 0 aromatic rings. The second-order valence-corrected chi connectivity index (χ2v) is 5.20. The number of hydrogen-bond acceptors (Lipinski definition) is 3. The minimum absolute atomic E-state index is 0.203. The molecule has 0 aromatic heterocycles. The van der Waals surface area contributed by atoms with Crippen LogP contribution in [-0.4, -0.2) is 49.1 Å². The molecule has 0 bridgehead atoms. The Morgan fingerprint density at radius 2 is 2.00 bits per heavy atom. The first-order valence-electron chi connectivity index (χ1n) is 7.03. The molecule has 98 valence electrons. The van der Waals surface area contributed by atoms with Gasteiger partial charge in [0.15, 0.2) is 0 Å². The van der Waals surface area contributed by atoms with Gasteiger partial charge in [0.1, 0.15) is 0 Å². The average Bonchev–Trinajstić information content (AvgIpc) is 3.14. The van der Waals surface area contributed by atoms with Gasteiger partial charge in [-0.05, 0) is 32.2 Å². The minimum Gasteiger partial charge on any atom is -0.353 e. The van der Waals surface area contributed by atoms with Gasteiger partial charge in [-0.3, -0.25) is 9.69 Å². The van der Waals surface area contributed by atoms with Gasteiger partial charge in [0.2, 0.25) is 5.91 Å². The molecule has 2 fully saturated rings. The van der Waals surface area contributed by atoms with Crippen molar-refractivity contribution in [3.63, 3.8) is 0 Å². The first kappa shape index (κ1) is 12.8. The van der Waals surface area contributed by atoms with E-state index in [1.54, 1.807) is 0 Å². The Bertz CT molecular complexity index is 249. The fourth-order valence-electron chi connectivity index (χ4n) is 2.12. The Morgan fingerprint density at radius 3 is 2.59 bits per heavy atom. The highest BCUT2D eigenvalue weighted by molar-refractivity contribution is 5.76. The molecule has 0 aliphatic heterocycles. The second kappa shape index (κ2) is 6.36. The summed E-state index contributed by atoms with van der Waals surface area (Å²) < 4.78 is 0. The Morgan fingerprint density at radius 1 is 1.24 bits per heavy atom. The highest BCUT2D eigenvalue weighted by Gasteiger charge is 2.27. The molecule has 0 heterocycles. The minimum atomic E-state index is 0.203. The molecule has 0 saturated heterocycles. The van der Waals surface area contributed by atoms with E-state index in [9.17, 15) is 4.79 Å². The molecule has 0 aromatic carbocycles. The van der Waals surface area contributed by atoms with Crippen LogP contribution in [0.4, 0.5) is 0 Å². The van der Waals surface area contributed by atoms with Crippen LogP contribution in [0, 0.1) is 0 Å². The molecule has 2 aliphatic rings. The molecule has 2 aliphatic carbocycles. The van der Waals surface area contributed by atoms with Crippen LogP contribution in [0.2, 0.25) is 0 Å². The zero-order valence-corrected chi connectivity index (χ0v) is 10.9. The summed E-state index contributed by atoms with van der Waals surface area (Å²) in [5.74, 6) is 0.203. The summed E-state index contributed by atoms with van der Waals surface area (Å²) in [6.07, 6.45) is 5.71. The van der Waals surface area contributed by atoms with Gasteiger partial charge in [-0.15, -0.1) is 0 Å². The molecular weight excluding hydrogens is 214 g/mol. The highest BCUT2D eigenvalue weighted by atomic mass is 16.1. The van der Waals surface area contributed by atoms with Crippen LogP contribution < -0.4 is 10.6 Å².